The van der Waals surface area contributed by atoms with Crippen molar-refractivity contribution in [3.63, 3.8) is 0 Å². The minimum Gasteiger partial charge on any atom is -0.496 e. The second-order valence-corrected chi connectivity index (χ2v) is 5.81. The minimum atomic E-state index is -0.0568. The summed E-state index contributed by atoms with van der Waals surface area (Å²) < 4.78 is 10.8. The van der Waals surface area contributed by atoms with Gasteiger partial charge in [-0.15, -0.1) is 0 Å². The first kappa shape index (κ1) is 18.3. The van der Waals surface area contributed by atoms with Crippen LogP contribution in [0.5, 0.6) is 5.75 Å². The Balaban J connectivity index is 1.64. The van der Waals surface area contributed by atoms with Crippen LogP contribution in [0.4, 0.5) is 0 Å². The molecule has 0 atom stereocenters. The van der Waals surface area contributed by atoms with Gasteiger partial charge in [0.05, 0.1) is 20.1 Å². The third-order valence-corrected chi connectivity index (χ3v) is 3.73. The molecule has 2 rings (SSSR count). The molecular weight excluding hydrogens is 326 g/mol. The lowest BCUT2D eigenvalue weighted by Gasteiger charge is -2.10. The third-order valence-electron chi connectivity index (χ3n) is 3.49. The highest BCUT2D eigenvalue weighted by atomic mass is 35.5. The van der Waals surface area contributed by atoms with E-state index in [9.17, 15) is 4.79 Å². The van der Waals surface area contributed by atoms with E-state index in [-0.39, 0.29) is 12.3 Å². The molecule has 0 aliphatic heterocycles. The van der Waals surface area contributed by atoms with E-state index in [1.54, 1.807) is 25.3 Å². The standard InChI is InChI=1S/C19H22ClNO3/c1-23-18-9-8-17(20)12-16(18)13-19(22)21-10-5-11-24-14-15-6-3-2-4-7-15/h2-4,6-9,12H,5,10-11,13-14H2,1H3,(H,21,22). The molecule has 0 aliphatic rings. The smallest absolute Gasteiger partial charge is 0.224 e. The van der Waals surface area contributed by atoms with Crippen molar-refractivity contribution in [3.05, 3.63) is 64.7 Å². The van der Waals surface area contributed by atoms with Crippen LogP contribution in [-0.4, -0.2) is 26.2 Å². The van der Waals surface area contributed by atoms with Crippen LogP contribution >= 0.6 is 11.6 Å². The normalized spacial score (nSPS) is 10.4. The lowest BCUT2D eigenvalue weighted by Crippen LogP contribution is -2.27. The molecule has 0 saturated heterocycles. The zero-order valence-electron chi connectivity index (χ0n) is 13.8. The average molecular weight is 348 g/mol. The molecule has 1 amide bonds. The van der Waals surface area contributed by atoms with Crippen molar-refractivity contribution in [3.8, 4) is 5.75 Å². The third kappa shape index (κ3) is 6.22. The molecule has 0 bridgehead atoms. The van der Waals surface area contributed by atoms with Crippen molar-refractivity contribution in [2.75, 3.05) is 20.3 Å². The Morgan fingerprint density at radius 2 is 1.96 bits per heavy atom. The van der Waals surface area contributed by atoms with Crippen LogP contribution in [0.3, 0.4) is 0 Å². The van der Waals surface area contributed by atoms with Crippen LogP contribution in [-0.2, 0) is 22.6 Å². The molecule has 1 N–H and O–H groups in total. The summed E-state index contributed by atoms with van der Waals surface area (Å²) in [5.41, 5.74) is 1.93. The number of amides is 1. The van der Waals surface area contributed by atoms with E-state index in [0.717, 1.165) is 17.5 Å². The van der Waals surface area contributed by atoms with E-state index >= 15 is 0 Å². The molecule has 24 heavy (non-hydrogen) atoms. The van der Waals surface area contributed by atoms with Crippen molar-refractivity contribution >= 4 is 17.5 Å². The molecule has 0 spiro atoms. The molecule has 0 heterocycles. The highest BCUT2D eigenvalue weighted by Crippen LogP contribution is 2.22. The predicted molar refractivity (Wildman–Crippen MR) is 95.4 cm³/mol. The van der Waals surface area contributed by atoms with E-state index < -0.39 is 0 Å². The first-order valence-electron chi connectivity index (χ1n) is 7.90. The van der Waals surface area contributed by atoms with Gasteiger partial charge < -0.3 is 14.8 Å². The molecule has 0 unspecified atom stereocenters. The largest absolute Gasteiger partial charge is 0.496 e. The number of methoxy groups -OCH3 is 1. The van der Waals surface area contributed by atoms with Crippen molar-refractivity contribution < 1.29 is 14.3 Å². The van der Waals surface area contributed by atoms with Gasteiger partial charge >= 0.3 is 0 Å². The summed E-state index contributed by atoms with van der Waals surface area (Å²) in [6.45, 7) is 1.78. The van der Waals surface area contributed by atoms with E-state index in [0.29, 0.717) is 30.5 Å². The summed E-state index contributed by atoms with van der Waals surface area (Å²) in [6, 6.07) is 15.3. The Kier molecular flexibility index (Phi) is 7.59. The lowest BCUT2D eigenvalue weighted by atomic mass is 10.1. The van der Waals surface area contributed by atoms with Gasteiger partial charge in [-0.25, -0.2) is 0 Å². The van der Waals surface area contributed by atoms with Crippen LogP contribution < -0.4 is 10.1 Å². The number of rotatable bonds is 9. The summed E-state index contributed by atoms with van der Waals surface area (Å²) >= 11 is 5.97. The topological polar surface area (TPSA) is 47.6 Å². The minimum absolute atomic E-state index is 0.0568. The molecule has 128 valence electrons. The van der Waals surface area contributed by atoms with Crippen LogP contribution in [0.15, 0.2) is 48.5 Å². The Bertz CT molecular complexity index is 646. The summed E-state index contributed by atoms with van der Waals surface area (Å²) in [5, 5.41) is 3.47. The second-order valence-electron chi connectivity index (χ2n) is 5.37. The monoisotopic (exact) mass is 347 g/mol. The van der Waals surface area contributed by atoms with Crippen LogP contribution in [0.25, 0.3) is 0 Å². The molecule has 0 aliphatic carbocycles. The number of hydrogen-bond donors (Lipinski definition) is 1. The number of ether oxygens (including phenoxy) is 2. The Morgan fingerprint density at radius 3 is 2.71 bits per heavy atom. The van der Waals surface area contributed by atoms with Crippen molar-refractivity contribution in [2.45, 2.75) is 19.4 Å². The quantitative estimate of drug-likeness (QED) is 0.705. The summed E-state index contributed by atoms with van der Waals surface area (Å²) in [4.78, 5) is 12.0. The molecule has 2 aromatic rings. The van der Waals surface area contributed by atoms with Gasteiger partial charge in [0.1, 0.15) is 5.75 Å². The number of benzene rings is 2. The maximum absolute atomic E-state index is 12.0. The Hall–Kier alpha value is -2.04. The number of hydrogen-bond acceptors (Lipinski definition) is 3. The fraction of sp³-hybridized carbons (Fsp3) is 0.316. The fourth-order valence-corrected chi connectivity index (χ4v) is 2.48. The maximum Gasteiger partial charge on any atom is 0.224 e. The summed E-state index contributed by atoms with van der Waals surface area (Å²) in [5.74, 6) is 0.611. The first-order valence-corrected chi connectivity index (χ1v) is 8.27. The first-order chi connectivity index (χ1) is 11.7. The maximum atomic E-state index is 12.0. The predicted octanol–water partition coefficient (Wildman–Crippen LogP) is 3.61. The van der Waals surface area contributed by atoms with Crippen LogP contribution in [0.2, 0.25) is 5.02 Å². The van der Waals surface area contributed by atoms with Gasteiger partial charge in [-0.1, -0.05) is 41.9 Å². The zero-order valence-corrected chi connectivity index (χ0v) is 14.5. The number of halogens is 1. The Labute approximate surface area is 147 Å². The lowest BCUT2D eigenvalue weighted by molar-refractivity contribution is -0.120. The van der Waals surface area contributed by atoms with Crippen LogP contribution in [0, 0.1) is 0 Å². The number of carbonyl (C=O) groups excluding carboxylic acids is 1. The van der Waals surface area contributed by atoms with Gasteiger partial charge in [-0.05, 0) is 30.2 Å². The molecule has 2 aromatic carbocycles. The van der Waals surface area contributed by atoms with E-state index in [2.05, 4.69) is 5.32 Å². The highest BCUT2D eigenvalue weighted by molar-refractivity contribution is 6.30. The van der Waals surface area contributed by atoms with Crippen molar-refractivity contribution in [2.24, 2.45) is 0 Å². The van der Waals surface area contributed by atoms with E-state index in [1.165, 1.54) is 0 Å². The summed E-state index contributed by atoms with van der Waals surface area (Å²) in [6.07, 6.45) is 1.01. The van der Waals surface area contributed by atoms with Gasteiger partial charge in [-0.3, -0.25) is 4.79 Å². The number of nitrogens with one attached hydrogen (secondary N) is 1. The van der Waals surface area contributed by atoms with Gasteiger partial charge in [0, 0.05) is 23.7 Å². The van der Waals surface area contributed by atoms with E-state index in [4.69, 9.17) is 21.1 Å². The second kappa shape index (κ2) is 9.96. The fourth-order valence-electron chi connectivity index (χ4n) is 2.29. The van der Waals surface area contributed by atoms with Gasteiger partial charge in [-0.2, -0.15) is 0 Å². The molecule has 0 fully saturated rings. The van der Waals surface area contributed by atoms with E-state index in [1.807, 2.05) is 30.3 Å². The van der Waals surface area contributed by atoms with Crippen molar-refractivity contribution in [1.82, 2.24) is 5.32 Å². The molecule has 0 radical (unpaired) electrons. The Morgan fingerprint density at radius 1 is 1.17 bits per heavy atom. The molecule has 4 nitrogen and oxygen atoms in total. The van der Waals surface area contributed by atoms with Gasteiger partial charge in [0.15, 0.2) is 0 Å². The highest BCUT2D eigenvalue weighted by Gasteiger charge is 2.09. The number of carbonyl (C=O) groups is 1. The van der Waals surface area contributed by atoms with Gasteiger partial charge in [0.25, 0.3) is 0 Å². The summed E-state index contributed by atoms with van der Waals surface area (Å²) in [7, 11) is 1.58. The van der Waals surface area contributed by atoms with Gasteiger partial charge in [0.2, 0.25) is 5.91 Å². The zero-order chi connectivity index (χ0) is 17.2. The SMILES string of the molecule is COc1ccc(Cl)cc1CC(=O)NCCCOCc1ccccc1. The molecule has 5 heteroatoms. The average Bonchev–Trinajstić information content (AvgIpc) is 2.59. The molecule has 0 aromatic heterocycles. The van der Waals surface area contributed by atoms with Crippen molar-refractivity contribution in [1.29, 1.82) is 0 Å². The molecule has 0 saturated carbocycles. The molecular formula is C19H22ClNO3. The van der Waals surface area contributed by atoms with Crippen LogP contribution in [0.1, 0.15) is 17.5 Å².